The minimum Gasteiger partial charge on any atom is -0.497 e. The molecule has 2 aromatic heterocycles. The second-order valence-electron chi connectivity index (χ2n) is 7.30. The molecule has 0 fully saturated rings. The van der Waals surface area contributed by atoms with Crippen LogP contribution in [-0.2, 0) is 0 Å². The van der Waals surface area contributed by atoms with Crippen LogP contribution in [0.25, 0.3) is 22.3 Å². The highest BCUT2D eigenvalue weighted by Crippen LogP contribution is 2.34. The Bertz CT molecular complexity index is 1480. The number of thioether (sulfide) groups is 1. The molecule has 8 nitrogen and oxygen atoms in total. The summed E-state index contributed by atoms with van der Waals surface area (Å²) < 4.78 is 8.69. The first-order chi connectivity index (χ1) is 16.2. The molecule has 0 spiro atoms. The van der Waals surface area contributed by atoms with Gasteiger partial charge < -0.3 is 4.74 Å². The Hall–Kier alpha value is -3.98. The summed E-state index contributed by atoms with van der Waals surface area (Å²) in [6, 6.07) is 24.4. The molecule has 2 heterocycles. The fourth-order valence-corrected chi connectivity index (χ4v) is 4.59. The molecule has 0 unspecified atom stereocenters. The molecule has 0 aliphatic carbocycles. The quantitative estimate of drug-likeness (QED) is 0.279. The van der Waals surface area contributed by atoms with Gasteiger partial charge in [-0.1, -0.05) is 48.2 Å². The van der Waals surface area contributed by atoms with E-state index in [-0.39, 0.29) is 10.8 Å². The highest BCUT2D eigenvalue weighted by molar-refractivity contribution is 7.99. The summed E-state index contributed by atoms with van der Waals surface area (Å²) in [5.41, 5.74) is 2.03. The van der Waals surface area contributed by atoms with Crippen LogP contribution >= 0.6 is 11.8 Å². The van der Waals surface area contributed by atoms with Crippen molar-refractivity contribution in [3.05, 3.63) is 95.0 Å². The molecular weight excluding hydrogens is 436 g/mol. The predicted octanol–water partition coefficient (Wildman–Crippen LogP) is 4.22. The van der Waals surface area contributed by atoms with Gasteiger partial charge in [-0.25, -0.2) is 4.98 Å². The van der Waals surface area contributed by atoms with E-state index in [1.807, 2.05) is 79.7 Å². The van der Waals surface area contributed by atoms with E-state index in [4.69, 9.17) is 9.72 Å². The van der Waals surface area contributed by atoms with Crippen LogP contribution in [0, 0.1) is 0 Å². The Morgan fingerprint density at radius 1 is 0.939 bits per heavy atom. The maximum atomic E-state index is 13.5. The zero-order valence-electron chi connectivity index (χ0n) is 18.0. The number of tetrazole rings is 1. The van der Waals surface area contributed by atoms with Crippen molar-refractivity contribution in [2.24, 2.45) is 0 Å². The molecule has 0 amide bonds. The fourth-order valence-electron chi connectivity index (χ4n) is 3.58. The topological polar surface area (TPSA) is 87.7 Å². The van der Waals surface area contributed by atoms with Gasteiger partial charge in [-0.3, -0.25) is 9.36 Å². The van der Waals surface area contributed by atoms with Gasteiger partial charge in [0.25, 0.3) is 5.56 Å². The molecule has 0 saturated carbocycles. The van der Waals surface area contributed by atoms with Gasteiger partial charge in [-0.15, -0.1) is 5.10 Å². The summed E-state index contributed by atoms with van der Waals surface area (Å²) in [7, 11) is 1.60. The molecule has 0 N–H and O–H groups in total. The molecule has 5 rings (SSSR count). The van der Waals surface area contributed by atoms with E-state index in [1.165, 1.54) is 11.8 Å². The number of benzene rings is 3. The van der Waals surface area contributed by atoms with Crippen molar-refractivity contribution in [1.82, 2.24) is 29.8 Å². The van der Waals surface area contributed by atoms with E-state index in [0.717, 1.165) is 5.69 Å². The van der Waals surface area contributed by atoms with Gasteiger partial charge in [0.15, 0.2) is 11.0 Å². The largest absolute Gasteiger partial charge is 0.497 e. The molecule has 0 aliphatic heterocycles. The molecule has 0 aliphatic rings. The lowest BCUT2D eigenvalue weighted by molar-refractivity contribution is 0.414. The van der Waals surface area contributed by atoms with Crippen LogP contribution in [-0.4, -0.2) is 36.9 Å². The van der Waals surface area contributed by atoms with Crippen LogP contribution in [0.1, 0.15) is 18.0 Å². The summed E-state index contributed by atoms with van der Waals surface area (Å²) in [5, 5.41) is 13.2. The Kier molecular flexibility index (Phi) is 5.62. The monoisotopic (exact) mass is 456 g/mol. The Balaban J connectivity index is 1.63. The van der Waals surface area contributed by atoms with Crippen molar-refractivity contribution in [2.75, 3.05) is 7.11 Å². The van der Waals surface area contributed by atoms with E-state index in [1.54, 1.807) is 22.4 Å². The van der Waals surface area contributed by atoms with E-state index in [2.05, 4.69) is 15.5 Å². The van der Waals surface area contributed by atoms with Crippen LogP contribution in [0.5, 0.6) is 5.75 Å². The first-order valence-corrected chi connectivity index (χ1v) is 11.2. The number of fused-ring (bicyclic) bond motifs is 1. The number of hydrogen-bond donors (Lipinski definition) is 0. The highest BCUT2D eigenvalue weighted by atomic mass is 32.2. The second-order valence-corrected chi connectivity index (χ2v) is 8.61. The third-order valence-electron chi connectivity index (χ3n) is 5.20. The van der Waals surface area contributed by atoms with Crippen LogP contribution < -0.4 is 10.3 Å². The summed E-state index contributed by atoms with van der Waals surface area (Å²) in [6.45, 7) is 1.99. The summed E-state index contributed by atoms with van der Waals surface area (Å²) in [4.78, 5) is 18.4. The molecule has 0 radical (unpaired) electrons. The maximum Gasteiger partial charge on any atom is 0.266 e. The van der Waals surface area contributed by atoms with Crippen LogP contribution in [0.3, 0.4) is 0 Å². The smallest absolute Gasteiger partial charge is 0.266 e. The van der Waals surface area contributed by atoms with Crippen molar-refractivity contribution in [1.29, 1.82) is 0 Å². The van der Waals surface area contributed by atoms with Crippen molar-refractivity contribution in [3.63, 3.8) is 0 Å². The number of methoxy groups -OCH3 is 1. The molecule has 9 heteroatoms. The van der Waals surface area contributed by atoms with Gasteiger partial charge >= 0.3 is 0 Å². The molecule has 0 saturated heterocycles. The first kappa shape index (κ1) is 20.9. The van der Waals surface area contributed by atoms with Gasteiger partial charge in [0.05, 0.1) is 34.6 Å². The lowest BCUT2D eigenvalue weighted by atomic mass is 10.2. The molecule has 3 aromatic carbocycles. The predicted molar refractivity (Wildman–Crippen MR) is 127 cm³/mol. The first-order valence-electron chi connectivity index (χ1n) is 10.3. The average Bonchev–Trinajstić information content (AvgIpc) is 3.35. The SMILES string of the molecule is COc1cccc(-n2c(S[C@@H](C)c3nnnn3-c3ccccc3)nc3ccccc3c2=O)c1. The number of ether oxygens (including phenoxy) is 1. The fraction of sp³-hybridized carbons (Fsp3) is 0.125. The van der Waals surface area contributed by atoms with Crippen molar-refractivity contribution >= 4 is 22.7 Å². The Labute approximate surface area is 193 Å². The summed E-state index contributed by atoms with van der Waals surface area (Å²) >= 11 is 1.42. The summed E-state index contributed by atoms with van der Waals surface area (Å²) in [6.07, 6.45) is 0. The third kappa shape index (κ3) is 3.98. The van der Waals surface area contributed by atoms with Crippen LogP contribution in [0.4, 0.5) is 0 Å². The number of rotatable bonds is 6. The molecule has 164 valence electrons. The van der Waals surface area contributed by atoms with Gasteiger partial charge in [0.2, 0.25) is 0 Å². The Morgan fingerprint density at radius 2 is 1.70 bits per heavy atom. The molecule has 5 aromatic rings. The maximum absolute atomic E-state index is 13.5. The van der Waals surface area contributed by atoms with E-state index in [0.29, 0.717) is 33.3 Å². The molecule has 0 bridgehead atoms. The molecular formula is C24H20N6O2S. The second kappa shape index (κ2) is 8.87. The van der Waals surface area contributed by atoms with E-state index < -0.39 is 0 Å². The van der Waals surface area contributed by atoms with Crippen molar-refractivity contribution in [2.45, 2.75) is 17.3 Å². The third-order valence-corrected chi connectivity index (χ3v) is 6.25. The Morgan fingerprint density at radius 3 is 2.52 bits per heavy atom. The average molecular weight is 457 g/mol. The molecule has 33 heavy (non-hydrogen) atoms. The lowest BCUT2D eigenvalue weighted by Crippen LogP contribution is -2.22. The van der Waals surface area contributed by atoms with Crippen molar-refractivity contribution < 1.29 is 4.74 Å². The minimum absolute atomic E-state index is 0.147. The highest BCUT2D eigenvalue weighted by Gasteiger charge is 2.21. The van der Waals surface area contributed by atoms with Gasteiger partial charge in [-0.2, -0.15) is 4.68 Å². The standard InChI is InChI=1S/C24H20N6O2S/c1-16(22-26-27-28-30(22)17-9-4-3-5-10-17)33-24-25-21-14-7-6-13-20(21)23(31)29(24)18-11-8-12-19(15-18)32-2/h3-16H,1-2H3/t16-/m0/s1. The molecule has 1 atom stereocenters. The lowest BCUT2D eigenvalue weighted by Gasteiger charge is -2.16. The zero-order chi connectivity index (χ0) is 22.8. The van der Waals surface area contributed by atoms with Crippen molar-refractivity contribution in [3.8, 4) is 17.1 Å². The van der Waals surface area contributed by atoms with Crippen LogP contribution in [0.15, 0.2) is 88.8 Å². The van der Waals surface area contributed by atoms with Gasteiger partial charge in [-0.05, 0) is 53.7 Å². The van der Waals surface area contributed by atoms with Gasteiger partial charge in [0, 0.05) is 6.07 Å². The minimum atomic E-state index is -0.190. The number of nitrogens with zero attached hydrogens (tertiary/aromatic N) is 6. The van der Waals surface area contributed by atoms with Crippen LogP contribution in [0.2, 0.25) is 0 Å². The zero-order valence-corrected chi connectivity index (χ0v) is 18.8. The normalized spacial score (nSPS) is 12.1. The van der Waals surface area contributed by atoms with E-state index >= 15 is 0 Å². The summed E-state index contributed by atoms with van der Waals surface area (Å²) in [5.74, 6) is 1.32. The number of aromatic nitrogens is 6. The van der Waals surface area contributed by atoms with Gasteiger partial charge in [0.1, 0.15) is 5.75 Å². The number of hydrogen-bond acceptors (Lipinski definition) is 7. The van der Waals surface area contributed by atoms with E-state index in [9.17, 15) is 4.79 Å². The number of para-hydroxylation sites is 2.